The Balaban J connectivity index is 1.72. The van der Waals surface area contributed by atoms with Gasteiger partial charge in [0, 0.05) is 47.2 Å². The number of benzene rings is 1. The average Bonchev–Trinajstić information content (AvgIpc) is 3.03. The normalized spacial score (nSPS) is 16.0. The SMILES string of the molecule is CCNC(=NCC(C)Sc1ccc(Br)cc1)NCCCN1CCCC1=O. The number of likely N-dealkylation sites (tertiary alicyclic amines) is 1. The molecule has 1 heterocycles. The molecule has 1 aliphatic rings. The smallest absolute Gasteiger partial charge is 0.222 e. The van der Waals surface area contributed by atoms with Crippen molar-refractivity contribution < 1.29 is 4.79 Å². The highest BCUT2D eigenvalue weighted by molar-refractivity contribution is 9.10. The summed E-state index contributed by atoms with van der Waals surface area (Å²) in [5, 5.41) is 7.06. The Morgan fingerprint density at radius 3 is 2.77 bits per heavy atom. The summed E-state index contributed by atoms with van der Waals surface area (Å²) in [5.41, 5.74) is 0. The molecule has 26 heavy (non-hydrogen) atoms. The molecule has 1 aromatic rings. The van der Waals surface area contributed by atoms with Crippen LogP contribution in [0.4, 0.5) is 0 Å². The second-order valence-corrected chi connectivity index (χ2v) is 8.79. The molecule has 5 nitrogen and oxygen atoms in total. The number of amides is 1. The third kappa shape index (κ3) is 7.58. The first kappa shape index (κ1) is 21.1. The molecule has 0 aromatic heterocycles. The molecule has 2 N–H and O–H groups in total. The Kier molecular flexibility index (Phi) is 9.32. The van der Waals surface area contributed by atoms with Gasteiger partial charge >= 0.3 is 0 Å². The van der Waals surface area contributed by atoms with Crippen molar-refractivity contribution in [1.82, 2.24) is 15.5 Å². The van der Waals surface area contributed by atoms with Gasteiger partial charge in [-0.25, -0.2) is 0 Å². The minimum Gasteiger partial charge on any atom is -0.357 e. The fourth-order valence-corrected chi connectivity index (χ4v) is 3.93. The maximum absolute atomic E-state index is 11.6. The van der Waals surface area contributed by atoms with Gasteiger partial charge in [-0.2, -0.15) is 0 Å². The molecule has 1 fully saturated rings. The van der Waals surface area contributed by atoms with E-state index in [1.807, 2.05) is 16.7 Å². The zero-order chi connectivity index (χ0) is 18.8. The molecule has 7 heteroatoms. The van der Waals surface area contributed by atoms with Crippen LogP contribution in [0.25, 0.3) is 0 Å². The highest BCUT2D eigenvalue weighted by Crippen LogP contribution is 2.24. The number of carbonyl (C=O) groups is 1. The Morgan fingerprint density at radius 1 is 1.35 bits per heavy atom. The van der Waals surface area contributed by atoms with Crippen LogP contribution in [0.1, 0.15) is 33.1 Å². The van der Waals surface area contributed by atoms with Gasteiger partial charge in [-0.3, -0.25) is 9.79 Å². The summed E-state index contributed by atoms with van der Waals surface area (Å²) in [6, 6.07) is 8.38. The number of aliphatic imine (C=N–C) groups is 1. The van der Waals surface area contributed by atoms with E-state index < -0.39 is 0 Å². The Morgan fingerprint density at radius 2 is 2.12 bits per heavy atom. The lowest BCUT2D eigenvalue weighted by Crippen LogP contribution is -2.39. The lowest BCUT2D eigenvalue weighted by Gasteiger charge is -2.17. The summed E-state index contributed by atoms with van der Waals surface area (Å²) in [6.07, 6.45) is 2.66. The minimum absolute atomic E-state index is 0.296. The Hall–Kier alpha value is -1.21. The van der Waals surface area contributed by atoms with Crippen molar-refractivity contribution in [3.63, 3.8) is 0 Å². The number of guanidine groups is 1. The van der Waals surface area contributed by atoms with Gasteiger partial charge in [-0.1, -0.05) is 22.9 Å². The fourth-order valence-electron chi connectivity index (χ4n) is 2.76. The molecule has 1 unspecified atom stereocenters. The highest BCUT2D eigenvalue weighted by atomic mass is 79.9. The molecule has 1 aromatic carbocycles. The summed E-state index contributed by atoms with van der Waals surface area (Å²) in [6.45, 7) is 8.42. The van der Waals surface area contributed by atoms with Gasteiger partial charge in [0.2, 0.25) is 5.91 Å². The molecular formula is C19H29BrN4OS. The lowest BCUT2D eigenvalue weighted by molar-refractivity contribution is -0.127. The third-order valence-corrected chi connectivity index (χ3v) is 5.69. The summed E-state index contributed by atoms with van der Waals surface area (Å²) < 4.78 is 1.10. The number of carbonyl (C=O) groups excluding carboxylic acids is 1. The molecule has 144 valence electrons. The predicted octanol–water partition coefficient (Wildman–Crippen LogP) is 3.50. The van der Waals surface area contributed by atoms with Crippen molar-refractivity contribution >= 4 is 39.6 Å². The molecule has 0 saturated carbocycles. The van der Waals surface area contributed by atoms with E-state index in [-0.39, 0.29) is 0 Å². The van der Waals surface area contributed by atoms with E-state index in [1.54, 1.807) is 0 Å². The molecule has 1 atom stereocenters. The van der Waals surface area contributed by atoms with Gasteiger partial charge in [0.15, 0.2) is 5.96 Å². The second-order valence-electron chi connectivity index (χ2n) is 6.37. The van der Waals surface area contributed by atoms with Crippen LogP contribution in [0.2, 0.25) is 0 Å². The van der Waals surface area contributed by atoms with Crippen molar-refractivity contribution in [2.45, 2.75) is 43.3 Å². The molecule has 2 rings (SSSR count). The van der Waals surface area contributed by atoms with E-state index in [4.69, 9.17) is 4.99 Å². The standard InChI is InChI=1S/C19H29BrN4OS/c1-3-21-19(22-11-5-13-24-12-4-6-18(24)25)23-14-15(2)26-17-9-7-16(20)8-10-17/h7-10,15H,3-6,11-14H2,1-2H3,(H2,21,22,23). The number of halogens is 1. The van der Waals surface area contributed by atoms with Gasteiger partial charge in [0.05, 0.1) is 6.54 Å². The maximum Gasteiger partial charge on any atom is 0.222 e. The monoisotopic (exact) mass is 440 g/mol. The summed E-state index contributed by atoms with van der Waals surface area (Å²) in [4.78, 5) is 19.5. The summed E-state index contributed by atoms with van der Waals surface area (Å²) in [7, 11) is 0. The Bertz CT molecular complexity index is 594. The fraction of sp³-hybridized carbons (Fsp3) is 0.579. The van der Waals surface area contributed by atoms with Gasteiger partial charge in [0.25, 0.3) is 0 Å². The van der Waals surface area contributed by atoms with Crippen molar-refractivity contribution in [3.8, 4) is 0 Å². The quantitative estimate of drug-likeness (QED) is 0.267. The summed E-state index contributed by atoms with van der Waals surface area (Å²) in [5.74, 6) is 1.15. The Labute approximate surface area is 169 Å². The molecule has 0 aliphatic carbocycles. The van der Waals surface area contributed by atoms with Crippen LogP contribution in [0.3, 0.4) is 0 Å². The molecule has 0 spiro atoms. The van der Waals surface area contributed by atoms with Gasteiger partial charge in [0.1, 0.15) is 0 Å². The van der Waals surface area contributed by atoms with Crippen LogP contribution in [0.5, 0.6) is 0 Å². The first-order valence-corrected chi connectivity index (χ1v) is 11.0. The van der Waals surface area contributed by atoms with Gasteiger partial charge in [-0.05, 0) is 44.0 Å². The average molecular weight is 441 g/mol. The van der Waals surface area contributed by atoms with Crippen LogP contribution in [0.15, 0.2) is 38.6 Å². The van der Waals surface area contributed by atoms with Gasteiger partial charge < -0.3 is 15.5 Å². The van der Waals surface area contributed by atoms with Crippen LogP contribution < -0.4 is 10.6 Å². The zero-order valence-corrected chi connectivity index (χ0v) is 18.0. The summed E-state index contributed by atoms with van der Waals surface area (Å²) >= 11 is 5.29. The van der Waals surface area contributed by atoms with Crippen LogP contribution in [-0.2, 0) is 4.79 Å². The van der Waals surface area contributed by atoms with Crippen molar-refractivity contribution in [3.05, 3.63) is 28.7 Å². The molecule has 1 saturated heterocycles. The first-order chi connectivity index (χ1) is 12.6. The third-order valence-electron chi connectivity index (χ3n) is 4.07. The number of nitrogens with one attached hydrogen (secondary N) is 2. The molecule has 0 bridgehead atoms. The van der Waals surface area contributed by atoms with E-state index in [0.29, 0.717) is 17.6 Å². The van der Waals surface area contributed by atoms with Crippen LogP contribution >= 0.6 is 27.7 Å². The lowest BCUT2D eigenvalue weighted by atomic mass is 10.4. The van der Waals surface area contributed by atoms with Gasteiger partial charge in [-0.15, -0.1) is 11.8 Å². The second kappa shape index (κ2) is 11.5. The van der Waals surface area contributed by atoms with Crippen molar-refractivity contribution in [2.24, 2.45) is 4.99 Å². The zero-order valence-electron chi connectivity index (χ0n) is 15.6. The number of thioether (sulfide) groups is 1. The van der Waals surface area contributed by atoms with Crippen LogP contribution in [0, 0.1) is 0 Å². The maximum atomic E-state index is 11.6. The van der Waals surface area contributed by atoms with E-state index >= 15 is 0 Å². The highest BCUT2D eigenvalue weighted by Gasteiger charge is 2.18. The van der Waals surface area contributed by atoms with Crippen LogP contribution in [-0.4, -0.2) is 54.7 Å². The number of hydrogen-bond acceptors (Lipinski definition) is 3. The molecule has 0 radical (unpaired) electrons. The van der Waals surface area contributed by atoms with E-state index in [0.717, 1.165) is 56.0 Å². The van der Waals surface area contributed by atoms with E-state index in [1.165, 1.54) is 4.90 Å². The molecule has 1 aliphatic heterocycles. The largest absolute Gasteiger partial charge is 0.357 e. The first-order valence-electron chi connectivity index (χ1n) is 9.30. The number of hydrogen-bond donors (Lipinski definition) is 2. The number of rotatable bonds is 9. The molecule has 1 amide bonds. The topological polar surface area (TPSA) is 56.7 Å². The van der Waals surface area contributed by atoms with Crippen molar-refractivity contribution in [2.75, 3.05) is 32.7 Å². The minimum atomic E-state index is 0.296. The van der Waals surface area contributed by atoms with E-state index in [2.05, 4.69) is 64.7 Å². The number of nitrogens with zero attached hydrogens (tertiary/aromatic N) is 2. The molecular weight excluding hydrogens is 412 g/mol. The van der Waals surface area contributed by atoms with Crippen molar-refractivity contribution in [1.29, 1.82) is 0 Å². The van der Waals surface area contributed by atoms with E-state index in [9.17, 15) is 4.79 Å². The predicted molar refractivity (Wildman–Crippen MR) is 114 cm³/mol.